The molecule has 0 amide bonds. The fraction of sp³-hybridized carbons (Fsp3) is 0.364. The average molecular weight is 335 g/mol. The second kappa shape index (κ2) is 6.95. The zero-order valence-corrected chi connectivity index (χ0v) is 12.8. The Bertz CT molecular complexity index is 754. The van der Waals surface area contributed by atoms with Crippen LogP contribution in [0, 0.1) is 17.1 Å². The van der Waals surface area contributed by atoms with E-state index in [-0.39, 0.29) is 13.1 Å². The average Bonchev–Trinajstić information content (AvgIpc) is 2.37. The zero-order chi connectivity index (χ0) is 16.1. The first-order chi connectivity index (χ1) is 9.73. The van der Waals surface area contributed by atoms with E-state index < -0.39 is 42.1 Å². The maximum absolute atomic E-state index is 13.4. The number of halogens is 1. The van der Waals surface area contributed by atoms with E-state index in [0.29, 0.717) is 0 Å². The Morgan fingerprint density at radius 1 is 1.24 bits per heavy atom. The molecule has 116 valence electrons. The van der Waals surface area contributed by atoms with Crippen LogP contribution < -0.4 is 9.44 Å². The molecule has 7 nitrogen and oxygen atoms in total. The van der Waals surface area contributed by atoms with Crippen LogP contribution in [-0.4, -0.2) is 35.7 Å². The van der Waals surface area contributed by atoms with Gasteiger partial charge in [-0.25, -0.2) is 30.7 Å². The summed E-state index contributed by atoms with van der Waals surface area (Å²) >= 11 is 0. The standard InChI is InChI=1S/C11H14FN3O4S2/c1-2-14-20(16,17)7-6-15-21(18,19)11-5-3-4-10(12)9(11)8-13/h3-5,14-15H,2,6-7H2,1H3. The summed E-state index contributed by atoms with van der Waals surface area (Å²) in [6, 6.07) is 4.66. The molecule has 0 aromatic heterocycles. The van der Waals surface area contributed by atoms with Gasteiger partial charge < -0.3 is 0 Å². The Kier molecular flexibility index (Phi) is 5.79. The molecule has 0 saturated heterocycles. The van der Waals surface area contributed by atoms with Crippen molar-refractivity contribution >= 4 is 20.0 Å². The van der Waals surface area contributed by atoms with Gasteiger partial charge in [0.1, 0.15) is 22.3 Å². The highest BCUT2D eigenvalue weighted by molar-refractivity contribution is 7.90. The third-order valence-corrected chi connectivity index (χ3v) is 5.38. The lowest BCUT2D eigenvalue weighted by molar-refractivity contribution is 0.573. The van der Waals surface area contributed by atoms with Gasteiger partial charge in [-0.1, -0.05) is 13.0 Å². The van der Waals surface area contributed by atoms with E-state index in [1.807, 2.05) is 4.72 Å². The third kappa shape index (κ3) is 4.75. The quantitative estimate of drug-likeness (QED) is 0.723. The normalized spacial score (nSPS) is 12.0. The SMILES string of the molecule is CCNS(=O)(=O)CCNS(=O)(=O)c1cccc(F)c1C#N. The summed E-state index contributed by atoms with van der Waals surface area (Å²) in [5.74, 6) is -1.42. The van der Waals surface area contributed by atoms with Crippen molar-refractivity contribution in [1.29, 1.82) is 5.26 Å². The molecular weight excluding hydrogens is 321 g/mol. The van der Waals surface area contributed by atoms with E-state index >= 15 is 0 Å². The van der Waals surface area contributed by atoms with Crippen molar-refractivity contribution in [2.75, 3.05) is 18.8 Å². The van der Waals surface area contributed by atoms with Crippen LogP contribution in [0.15, 0.2) is 23.1 Å². The first kappa shape index (κ1) is 17.5. The van der Waals surface area contributed by atoms with Crippen molar-refractivity contribution in [3.05, 3.63) is 29.6 Å². The molecule has 0 spiro atoms. The highest BCUT2D eigenvalue weighted by Crippen LogP contribution is 2.17. The molecule has 1 aromatic carbocycles. The fourth-order valence-corrected chi connectivity index (χ4v) is 3.80. The lowest BCUT2D eigenvalue weighted by Gasteiger charge is -2.09. The van der Waals surface area contributed by atoms with Gasteiger partial charge in [0, 0.05) is 13.1 Å². The molecule has 0 aliphatic rings. The Morgan fingerprint density at radius 2 is 1.90 bits per heavy atom. The molecule has 0 heterocycles. The molecule has 21 heavy (non-hydrogen) atoms. The van der Waals surface area contributed by atoms with Crippen LogP contribution in [-0.2, 0) is 20.0 Å². The second-order valence-corrected chi connectivity index (χ2v) is 7.60. The second-order valence-electron chi connectivity index (χ2n) is 3.94. The molecular formula is C11H14FN3O4S2. The van der Waals surface area contributed by atoms with Gasteiger partial charge in [-0.2, -0.15) is 5.26 Å². The summed E-state index contributed by atoms with van der Waals surface area (Å²) in [6.45, 7) is 1.39. The van der Waals surface area contributed by atoms with Crippen molar-refractivity contribution in [2.45, 2.75) is 11.8 Å². The Labute approximate surface area is 122 Å². The first-order valence-corrected chi connectivity index (χ1v) is 9.02. The van der Waals surface area contributed by atoms with Crippen LogP contribution in [0.5, 0.6) is 0 Å². The van der Waals surface area contributed by atoms with Gasteiger partial charge in [0.25, 0.3) is 0 Å². The fourth-order valence-electron chi connectivity index (χ4n) is 1.52. The summed E-state index contributed by atoms with van der Waals surface area (Å²) in [7, 11) is -7.74. The minimum Gasteiger partial charge on any atom is -0.215 e. The molecule has 10 heteroatoms. The van der Waals surface area contributed by atoms with Crippen molar-refractivity contribution in [3.63, 3.8) is 0 Å². The Hall–Kier alpha value is -1.54. The lowest BCUT2D eigenvalue weighted by Crippen LogP contribution is -2.34. The molecule has 1 rings (SSSR count). The summed E-state index contributed by atoms with van der Waals surface area (Å²) in [4.78, 5) is -0.522. The molecule has 0 fully saturated rings. The number of nitrogens with zero attached hydrogens (tertiary/aromatic N) is 1. The molecule has 0 bridgehead atoms. The molecule has 1 aromatic rings. The van der Waals surface area contributed by atoms with E-state index in [1.165, 1.54) is 6.07 Å². The number of hydrogen-bond donors (Lipinski definition) is 2. The van der Waals surface area contributed by atoms with Gasteiger partial charge >= 0.3 is 0 Å². The van der Waals surface area contributed by atoms with Crippen molar-refractivity contribution in [2.24, 2.45) is 0 Å². The number of rotatable bonds is 7. The predicted octanol–water partition coefficient (Wildman–Crippen LogP) is -0.0850. The van der Waals surface area contributed by atoms with Crippen LogP contribution in [0.1, 0.15) is 12.5 Å². The molecule has 0 saturated carbocycles. The van der Waals surface area contributed by atoms with Gasteiger partial charge in [-0.3, -0.25) is 0 Å². The van der Waals surface area contributed by atoms with E-state index in [4.69, 9.17) is 5.26 Å². The minimum absolute atomic E-state index is 0.192. The first-order valence-electron chi connectivity index (χ1n) is 5.89. The molecule has 0 atom stereocenters. The number of sulfonamides is 2. The molecule has 0 aliphatic heterocycles. The van der Waals surface area contributed by atoms with Crippen molar-refractivity contribution < 1.29 is 21.2 Å². The molecule has 0 unspecified atom stereocenters. The summed E-state index contributed by atoms with van der Waals surface area (Å²) in [6.07, 6.45) is 0. The van der Waals surface area contributed by atoms with Gasteiger partial charge in [-0.15, -0.1) is 0 Å². The minimum atomic E-state index is -4.17. The lowest BCUT2D eigenvalue weighted by atomic mass is 10.2. The molecule has 2 N–H and O–H groups in total. The maximum Gasteiger partial charge on any atom is 0.242 e. The smallest absolute Gasteiger partial charge is 0.215 e. The van der Waals surface area contributed by atoms with Crippen LogP contribution in [0.2, 0.25) is 0 Å². The monoisotopic (exact) mass is 335 g/mol. The summed E-state index contributed by atoms with van der Waals surface area (Å²) < 4.78 is 64.3. The van der Waals surface area contributed by atoms with Crippen LogP contribution in [0.3, 0.4) is 0 Å². The van der Waals surface area contributed by atoms with E-state index in [0.717, 1.165) is 18.2 Å². The third-order valence-electron chi connectivity index (χ3n) is 2.40. The van der Waals surface area contributed by atoms with Crippen LogP contribution in [0.4, 0.5) is 4.39 Å². The van der Waals surface area contributed by atoms with Crippen molar-refractivity contribution in [1.82, 2.24) is 9.44 Å². The van der Waals surface area contributed by atoms with E-state index in [9.17, 15) is 21.2 Å². The van der Waals surface area contributed by atoms with Gasteiger partial charge in [-0.05, 0) is 12.1 Å². The summed E-state index contributed by atoms with van der Waals surface area (Å²) in [5.41, 5.74) is -0.612. The number of nitrogens with one attached hydrogen (secondary N) is 2. The van der Waals surface area contributed by atoms with Gasteiger partial charge in [0.2, 0.25) is 20.0 Å². The number of hydrogen-bond acceptors (Lipinski definition) is 5. The predicted molar refractivity (Wildman–Crippen MR) is 73.8 cm³/mol. The Morgan fingerprint density at radius 3 is 2.48 bits per heavy atom. The highest BCUT2D eigenvalue weighted by Gasteiger charge is 2.21. The number of nitriles is 1. The topological polar surface area (TPSA) is 116 Å². The van der Waals surface area contributed by atoms with Gasteiger partial charge in [0.05, 0.1) is 5.75 Å². The van der Waals surface area contributed by atoms with E-state index in [2.05, 4.69) is 4.72 Å². The molecule has 0 radical (unpaired) electrons. The highest BCUT2D eigenvalue weighted by atomic mass is 32.2. The maximum atomic E-state index is 13.4. The largest absolute Gasteiger partial charge is 0.242 e. The number of benzene rings is 1. The van der Waals surface area contributed by atoms with Crippen LogP contribution >= 0.6 is 0 Å². The summed E-state index contributed by atoms with van der Waals surface area (Å²) in [5, 5.41) is 8.80. The van der Waals surface area contributed by atoms with Gasteiger partial charge in [0.15, 0.2) is 0 Å². The molecule has 0 aliphatic carbocycles. The zero-order valence-electron chi connectivity index (χ0n) is 11.1. The Balaban J connectivity index is 2.90. The van der Waals surface area contributed by atoms with Crippen LogP contribution in [0.25, 0.3) is 0 Å². The van der Waals surface area contributed by atoms with Crippen molar-refractivity contribution in [3.8, 4) is 6.07 Å². The van der Waals surface area contributed by atoms with E-state index in [1.54, 1.807) is 6.92 Å².